The van der Waals surface area contributed by atoms with Crippen LogP contribution in [0.2, 0.25) is 0 Å². The number of rotatable bonds is 5. The van der Waals surface area contributed by atoms with Gasteiger partial charge in [-0.05, 0) is 64.3 Å². The first-order chi connectivity index (χ1) is 12.8. The van der Waals surface area contributed by atoms with E-state index in [1.165, 1.54) is 16.8 Å². The predicted octanol–water partition coefficient (Wildman–Crippen LogP) is 4.57. The molecule has 1 aromatic carbocycles. The highest BCUT2D eigenvalue weighted by atomic mass is 79.9. The fourth-order valence-corrected chi connectivity index (χ4v) is 4.86. The van der Waals surface area contributed by atoms with Crippen LogP contribution in [0.25, 0.3) is 6.08 Å². The zero-order valence-electron chi connectivity index (χ0n) is 15.8. The number of amidine groups is 2. The summed E-state index contributed by atoms with van der Waals surface area (Å²) in [5.41, 5.74) is 2.12. The van der Waals surface area contributed by atoms with Crippen molar-refractivity contribution in [2.45, 2.75) is 26.7 Å². The van der Waals surface area contributed by atoms with Crippen molar-refractivity contribution in [3.05, 3.63) is 33.8 Å². The van der Waals surface area contributed by atoms with Gasteiger partial charge in [0.15, 0.2) is 5.84 Å². The Morgan fingerprint density at radius 3 is 2.63 bits per heavy atom. The van der Waals surface area contributed by atoms with E-state index >= 15 is 0 Å². The van der Waals surface area contributed by atoms with E-state index in [-0.39, 0.29) is 11.4 Å². The zero-order valence-corrected chi connectivity index (χ0v) is 18.2. The molecule has 0 spiro atoms. The van der Waals surface area contributed by atoms with Crippen molar-refractivity contribution >= 4 is 61.4 Å². The molecular weight excluding hydrogens is 426 g/mol. The van der Waals surface area contributed by atoms with Crippen molar-refractivity contribution < 1.29 is 4.79 Å². The van der Waals surface area contributed by atoms with Crippen LogP contribution >= 0.6 is 27.7 Å². The summed E-state index contributed by atoms with van der Waals surface area (Å²) in [7, 11) is 3.94. The van der Waals surface area contributed by atoms with Crippen LogP contribution in [-0.4, -0.2) is 41.1 Å². The number of nitrogens with zero attached hydrogens (tertiary/aromatic N) is 4. The second kappa shape index (κ2) is 7.98. The predicted molar refractivity (Wildman–Crippen MR) is 118 cm³/mol. The SMILES string of the molecule is CCC(CC)C1=NN2C(=N)/C(=C\c3ccc(N(C)C)c(Br)c3)C(=O)N=C2S1. The number of fused-ring (bicyclic) bond motifs is 1. The van der Waals surface area contributed by atoms with Crippen LogP contribution in [0.5, 0.6) is 0 Å². The normalized spacial score (nSPS) is 18.1. The Hall–Kier alpha value is -1.93. The van der Waals surface area contributed by atoms with Crippen LogP contribution in [0.4, 0.5) is 5.69 Å². The van der Waals surface area contributed by atoms with Gasteiger partial charge in [-0.3, -0.25) is 10.2 Å². The number of hydrogen-bond acceptors (Lipinski definition) is 5. The van der Waals surface area contributed by atoms with Crippen molar-refractivity contribution in [3.63, 3.8) is 0 Å². The number of carbonyl (C=O) groups excluding carboxylic acids is 1. The average molecular weight is 448 g/mol. The summed E-state index contributed by atoms with van der Waals surface area (Å²) in [6.07, 6.45) is 3.64. The number of anilines is 1. The van der Waals surface area contributed by atoms with E-state index in [1.54, 1.807) is 6.08 Å². The van der Waals surface area contributed by atoms with Gasteiger partial charge in [0.1, 0.15) is 5.04 Å². The smallest absolute Gasteiger partial charge is 0.283 e. The molecule has 3 rings (SSSR count). The van der Waals surface area contributed by atoms with Gasteiger partial charge in [0.25, 0.3) is 5.91 Å². The molecule has 27 heavy (non-hydrogen) atoms. The standard InChI is InChI=1S/C19H22BrN5OS/c1-5-12(6-2)18-23-25-16(21)13(17(26)22-19(25)27-18)9-11-7-8-15(24(3)4)14(20)10-11/h7-10,12,21H,5-6H2,1-4H3/b13-9+,21-16?. The molecular formula is C19H22BrN5OS. The van der Waals surface area contributed by atoms with E-state index in [4.69, 9.17) is 5.41 Å². The Kier molecular flexibility index (Phi) is 5.86. The van der Waals surface area contributed by atoms with Crippen LogP contribution in [0.3, 0.4) is 0 Å². The number of benzene rings is 1. The molecule has 2 heterocycles. The highest BCUT2D eigenvalue weighted by Crippen LogP contribution is 2.33. The van der Waals surface area contributed by atoms with Gasteiger partial charge in [-0.2, -0.15) is 15.1 Å². The Labute approximate surface area is 172 Å². The van der Waals surface area contributed by atoms with Crippen molar-refractivity contribution in [1.82, 2.24) is 5.01 Å². The summed E-state index contributed by atoms with van der Waals surface area (Å²) in [5, 5.41) is 15.9. The van der Waals surface area contributed by atoms with E-state index in [0.29, 0.717) is 11.1 Å². The lowest BCUT2D eigenvalue weighted by molar-refractivity contribution is -0.114. The molecule has 0 unspecified atom stereocenters. The summed E-state index contributed by atoms with van der Waals surface area (Å²) in [6.45, 7) is 4.24. The van der Waals surface area contributed by atoms with Crippen molar-refractivity contribution in [1.29, 1.82) is 5.41 Å². The Bertz CT molecular complexity index is 886. The first-order valence-corrected chi connectivity index (χ1v) is 10.4. The van der Waals surface area contributed by atoms with E-state index in [1.807, 2.05) is 37.2 Å². The maximum Gasteiger partial charge on any atom is 0.283 e. The Balaban J connectivity index is 1.93. The molecule has 6 nitrogen and oxygen atoms in total. The Morgan fingerprint density at radius 1 is 1.33 bits per heavy atom. The number of halogens is 1. The molecule has 0 fully saturated rings. The minimum absolute atomic E-state index is 0.0752. The maximum atomic E-state index is 12.5. The molecule has 2 aliphatic heterocycles. The second-order valence-corrected chi connectivity index (χ2v) is 8.42. The fraction of sp³-hybridized carbons (Fsp3) is 0.368. The van der Waals surface area contributed by atoms with Gasteiger partial charge in [0.2, 0.25) is 5.17 Å². The summed E-state index contributed by atoms with van der Waals surface area (Å²) in [5.74, 6) is 0.00647. The zero-order chi connectivity index (χ0) is 19.7. The third-order valence-electron chi connectivity index (χ3n) is 4.57. The highest BCUT2D eigenvalue weighted by Gasteiger charge is 2.37. The number of hydrazone groups is 1. The summed E-state index contributed by atoms with van der Waals surface area (Å²) >= 11 is 4.95. The average Bonchev–Trinajstić information content (AvgIpc) is 3.03. The molecule has 2 aliphatic rings. The van der Waals surface area contributed by atoms with Gasteiger partial charge < -0.3 is 4.90 Å². The van der Waals surface area contributed by atoms with Gasteiger partial charge in [0, 0.05) is 24.5 Å². The van der Waals surface area contributed by atoms with Crippen molar-refractivity contribution in [2.75, 3.05) is 19.0 Å². The third-order valence-corrected chi connectivity index (χ3v) is 6.28. The topological polar surface area (TPSA) is 72.1 Å². The van der Waals surface area contributed by atoms with Crippen molar-refractivity contribution in [2.24, 2.45) is 16.0 Å². The molecule has 0 aliphatic carbocycles. The van der Waals surface area contributed by atoms with Crippen LogP contribution in [-0.2, 0) is 4.79 Å². The first-order valence-electron chi connectivity index (χ1n) is 8.82. The van der Waals surface area contributed by atoms with Gasteiger partial charge >= 0.3 is 0 Å². The van der Waals surface area contributed by atoms with E-state index in [9.17, 15) is 4.79 Å². The van der Waals surface area contributed by atoms with Gasteiger partial charge in [-0.15, -0.1) is 0 Å². The lowest BCUT2D eigenvalue weighted by atomic mass is 10.1. The third kappa shape index (κ3) is 3.87. The molecule has 142 valence electrons. The lowest BCUT2D eigenvalue weighted by Gasteiger charge is -2.20. The fourth-order valence-electron chi connectivity index (χ4n) is 2.95. The molecule has 0 aromatic heterocycles. The largest absolute Gasteiger partial charge is 0.377 e. The molecule has 0 atom stereocenters. The van der Waals surface area contributed by atoms with Gasteiger partial charge in [0.05, 0.1) is 11.3 Å². The summed E-state index contributed by atoms with van der Waals surface area (Å²) in [4.78, 5) is 18.7. The van der Waals surface area contributed by atoms with Crippen molar-refractivity contribution in [3.8, 4) is 0 Å². The van der Waals surface area contributed by atoms with Crippen LogP contribution in [0.1, 0.15) is 32.3 Å². The summed E-state index contributed by atoms with van der Waals surface area (Å²) in [6, 6.07) is 5.82. The number of carbonyl (C=O) groups is 1. The molecule has 0 saturated carbocycles. The minimum Gasteiger partial charge on any atom is -0.377 e. The monoisotopic (exact) mass is 447 g/mol. The number of thioether (sulfide) groups is 1. The minimum atomic E-state index is -0.396. The molecule has 8 heteroatoms. The van der Waals surface area contributed by atoms with Gasteiger partial charge in [-0.25, -0.2) is 0 Å². The van der Waals surface area contributed by atoms with E-state index in [0.717, 1.165) is 33.6 Å². The molecule has 1 N–H and O–H groups in total. The van der Waals surface area contributed by atoms with E-state index in [2.05, 4.69) is 39.9 Å². The number of nitrogens with one attached hydrogen (secondary N) is 1. The highest BCUT2D eigenvalue weighted by molar-refractivity contribution is 9.10. The van der Waals surface area contributed by atoms with Crippen LogP contribution in [0.15, 0.2) is 38.3 Å². The number of amides is 1. The quantitative estimate of drug-likeness (QED) is 0.670. The number of hydrogen-bond donors (Lipinski definition) is 1. The molecule has 0 bridgehead atoms. The second-order valence-electron chi connectivity index (χ2n) is 6.58. The first kappa shape index (κ1) is 19.8. The van der Waals surface area contributed by atoms with E-state index < -0.39 is 5.91 Å². The maximum absolute atomic E-state index is 12.5. The van der Waals surface area contributed by atoms with Crippen LogP contribution in [0, 0.1) is 11.3 Å². The number of aliphatic imine (C=N–C) groups is 1. The molecule has 1 amide bonds. The molecule has 1 aromatic rings. The Morgan fingerprint density at radius 2 is 2.04 bits per heavy atom. The lowest BCUT2D eigenvalue weighted by Crippen LogP contribution is -2.35. The molecule has 0 radical (unpaired) electrons. The summed E-state index contributed by atoms with van der Waals surface area (Å²) < 4.78 is 0.923. The van der Waals surface area contributed by atoms with Gasteiger partial charge in [-0.1, -0.05) is 19.9 Å². The van der Waals surface area contributed by atoms with Crippen LogP contribution < -0.4 is 4.90 Å². The molecule has 0 saturated heterocycles.